The number of aromatic nitrogens is 4. The molecule has 0 bridgehead atoms. The van der Waals surface area contributed by atoms with Crippen molar-refractivity contribution in [2.24, 2.45) is 5.10 Å². The van der Waals surface area contributed by atoms with E-state index in [4.69, 9.17) is 0 Å². The van der Waals surface area contributed by atoms with Crippen molar-refractivity contribution in [2.45, 2.75) is 11.3 Å². The van der Waals surface area contributed by atoms with Crippen LogP contribution in [0.4, 0.5) is 13.2 Å². The molecule has 178 valence electrons. The van der Waals surface area contributed by atoms with Crippen molar-refractivity contribution in [2.75, 3.05) is 5.75 Å². The molecule has 0 saturated carbocycles. The van der Waals surface area contributed by atoms with E-state index in [1.165, 1.54) is 30.1 Å². The second-order valence-electron chi connectivity index (χ2n) is 7.06. The molecule has 1 amide bonds. The molecule has 1 N–H and O–H groups in total. The van der Waals surface area contributed by atoms with Crippen LogP contribution in [0.2, 0.25) is 0 Å². The number of hydrazone groups is 1. The second-order valence-corrected chi connectivity index (χ2v) is 8.91. The first-order valence-corrected chi connectivity index (χ1v) is 11.8. The van der Waals surface area contributed by atoms with Gasteiger partial charge in [0.25, 0.3) is 5.91 Å². The lowest BCUT2D eigenvalue weighted by Gasteiger charge is -2.10. The molecular weight excluding hydrogens is 545 g/mol. The average molecular weight is 561 g/mol. The van der Waals surface area contributed by atoms with Crippen LogP contribution >= 0.6 is 27.7 Å². The van der Waals surface area contributed by atoms with Gasteiger partial charge in [0.15, 0.2) is 11.0 Å². The summed E-state index contributed by atoms with van der Waals surface area (Å²) in [5.41, 5.74) is 3.66. The van der Waals surface area contributed by atoms with Crippen molar-refractivity contribution in [1.82, 2.24) is 25.2 Å². The zero-order chi connectivity index (χ0) is 24.8. The Bertz CT molecular complexity index is 1330. The normalized spacial score (nSPS) is 11.7. The molecule has 0 aliphatic rings. The standard InChI is InChI=1S/C23H16BrF3N6OS/c24-18-5-7-19(8-6-18)33-21(16-9-11-28-12-10-16)31-32-22(33)35-14-20(34)30-29-13-15-1-3-17(4-2-15)23(25,26)27/h1-13H,14H2,(H,30,34). The molecule has 2 heterocycles. The van der Waals surface area contributed by atoms with Gasteiger partial charge in [0.05, 0.1) is 17.5 Å². The van der Waals surface area contributed by atoms with Gasteiger partial charge in [-0.25, -0.2) is 5.43 Å². The maximum atomic E-state index is 12.6. The number of carbonyl (C=O) groups is 1. The Morgan fingerprint density at radius 1 is 1.03 bits per heavy atom. The SMILES string of the molecule is O=C(CSc1nnc(-c2ccncc2)n1-c1ccc(Br)cc1)NN=Cc1ccc(C(F)(F)F)cc1. The Hall–Kier alpha value is -3.51. The fourth-order valence-corrected chi connectivity index (χ4v) is 3.98. The quantitative estimate of drug-likeness (QED) is 0.187. The van der Waals surface area contributed by atoms with E-state index in [9.17, 15) is 18.0 Å². The molecule has 0 fully saturated rings. The Kier molecular flexibility index (Phi) is 7.61. The Morgan fingerprint density at radius 2 is 1.71 bits per heavy atom. The van der Waals surface area contributed by atoms with E-state index >= 15 is 0 Å². The predicted octanol–water partition coefficient (Wildman–Crippen LogP) is 5.35. The molecule has 4 aromatic rings. The van der Waals surface area contributed by atoms with Crippen molar-refractivity contribution in [1.29, 1.82) is 0 Å². The predicted molar refractivity (Wildman–Crippen MR) is 130 cm³/mol. The lowest BCUT2D eigenvalue weighted by atomic mass is 10.1. The summed E-state index contributed by atoms with van der Waals surface area (Å²) in [5.74, 6) is 0.182. The van der Waals surface area contributed by atoms with Crippen molar-refractivity contribution in [3.63, 3.8) is 0 Å². The summed E-state index contributed by atoms with van der Waals surface area (Å²) in [6.07, 6.45) is 0.180. The number of alkyl halides is 3. The molecule has 35 heavy (non-hydrogen) atoms. The molecule has 0 unspecified atom stereocenters. The van der Waals surface area contributed by atoms with Gasteiger partial charge < -0.3 is 0 Å². The van der Waals surface area contributed by atoms with Crippen LogP contribution < -0.4 is 5.43 Å². The van der Waals surface area contributed by atoms with Gasteiger partial charge in [-0.15, -0.1) is 10.2 Å². The van der Waals surface area contributed by atoms with Crippen molar-refractivity contribution >= 4 is 39.8 Å². The molecule has 12 heteroatoms. The second kappa shape index (κ2) is 10.8. The zero-order valence-electron chi connectivity index (χ0n) is 17.8. The summed E-state index contributed by atoms with van der Waals surface area (Å²) in [6, 6.07) is 15.7. The maximum absolute atomic E-state index is 12.6. The molecule has 0 atom stereocenters. The minimum Gasteiger partial charge on any atom is -0.272 e. The van der Waals surface area contributed by atoms with Gasteiger partial charge in [0, 0.05) is 28.1 Å². The molecule has 0 saturated heterocycles. The van der Waals surface area contributed by atoms with Gasteiger partial charge in [-0.2, -0.15) is 18.3 Å². The number of pyridine rings is 1. The minimum atomic E-state index is -4.41. The molecule has 7 nitrogen and oxygen atoms in total. The number of hydrogen-bond donors (Lipinski definition) is 1. The van der Waals surface area contributed by atoms with Gasteiger partial charge in [-0.1, -0.05) is 39.8 Å². The van der Waals surface area contributed by atoms with E-state index in [1.54, 1.807) is 12.4 Å². The van der Waals surface area contributed by atoms with Crippen LogP contribution in [0.3, 0.4) is 0 Å². The van der Waals surface area contributed by atoms with Gasteiger partial charge in [0.2, 0.25) is 0 Å². The van der Waals surface area contributed by atoms with E-state index in [0.717, 1.165) is 27.9 Å². The number of benzene rings is 2. The summed E-state index contributed by atoms with van der Waals surface area (Å²) in [7, 11) is 0. The third-order valence-electron chi connectivity index (χ3n) is 4.63. The summed E-state index contributed by atoms with van der Waals surface area (Å²) in [5, 5.41) is 12.9. The van der Waals surface area contributed by atoms with Gasteiger partial charge >= 0.3 is 6.18 Å². The number of hydrogen-bond acceptors (Lipinski definition) is 6. The Morgan fingerprint density at radius 3 is 2.37 bits per heavy atom. The number of thioether (sulfide) groups is 1. The van der Waals surface area contributed by atoms with Crippen LogP contribution in [0.15, 0.2) is 87.8 Å². The highest BCUT2D eigenvalue weighted by molar-refractivity contribution is 9.10. The van der Waals surface area contributed by atoms with Crippen LogP contribution in [0.5, 0.6) is 0 Å². The summed E-state index contributed by atoms with van der Waals surface area (Å²) < 4.78 is 40.7. The maximum Gasteiger partial charge on any atom is 0.416 e. The van der Waals surface area contributed by atoms with Crippen LogP contribution in [0.1, 0.15) is 11.1 Å². The van der Waals surface area contributed by atoms with E-state index in [1.807, 2.05) is 41.0 Å². The van der Waals surface area contributed by atoms with Gasteiger partial charge in [-0.05, 0) is 54.1 Å². The van der Waals surface area contributed by atoms with Crippen LogP contribution in [0.25, 0.3) is 17.1 Å². The largest absolute Gasteiger partial charge is 0.416 e. The monoisotopic (exact) mass is 560 g/mol. The molecule has 2 aromatic heterocycles. The van der Waals surface area contributed by atoms with Gasteiger partial charge in [-0.3, -0.25) is 14.3 Å². The molecule has 0 aliphatic heterocycles. The fourth-order valence-electron chi connectivity index (χ4n) is 2.97. The molecule has 4 rings (SSSR count). The number of carbonyl (C=O) groups excluding carboxylic acids is 1. The van der Waals surface area contributed by atoms with E-state index in [0.29, 0.717) is 16.5 Å². The van der Waals surface area contributed by atoms with Gasteiger partial charge in [0.1, 0.15) is 0 Å². The first kappa shape index (κ1) is 24.6. The van der Waals surface area contributed by atoms with Crippen molar-refractivity contribution < 1.29 is 18.0 Å². The lowest BCUT2D eigenvalue weighted by molar-refractivity contribution is -0.137. The van der Waals surface area contributed by atoms with Crippen LogP contribution in [-0.2, 0) is 11.0 Å². The molecule has 2 aromatic carbocycles. The number of rotatable bonds is 7. The third kappa shape index (κ3) is 6.34. The third-order valence-corrected chi connectivity index (χ3v) is 6.09. The minimum absolute atomic E-state index is 0.00461. The first-order valence-electron chi connectivity index (χ1n) is 10.0. The number of halogens is 4. The van der Waals surface area contributed by atoms with E-state index in [2.05, 4.69) is 41.6 Å². The van der Waals surface area contributed by atoms with Crippen molar-refractivity contribution in [3.8, 4) is 17.1 Å². The number of amides is 1. The number of nitrogens with one attached hydrogen (secondary N) is 1. The summed E-state index contributed by atoms with van der Waals surface area (Å²) in [4.78, 5) is 16.3. The summed E-state index contributed by atoms with van der Waals surface area (Å²) in [6.45, 7) is 0. The van der Waals surface area contributed by atoms with Crippen LogP contribution in [-0.4, -0.2) is 37.6 Å². The average Bonchev–Trinajstić information content (AvgIpc) is 3.27. The Balaban J connectivity index is 1.44. The molecule has 0 radical (unpaired) electrons. The number of nitrogens with zero attached hydrogens (tertiary/aromatic N) is 5. The highest BCUT2D eigenvalue weighted by Gasteiger charge is 2.29. The topological polar surface area (TPSA) is 85.1 Å². The fraction of sp³-hybridized carbons (Fsp3) is 0.0870. The molecule has 0 aliphatic carbocycles. The highest BCUT2D eigenvalue weighted by atomic mass is 79.9. The lowest BCUT2D eigenvalue weighted by Crippen LogP contribution is -2.20. The van der Waals surface area contributed by atoms with E-state index < -0.39 is 17.6 Å². The molecular formula is C23H16BrF3N6OS. The first-order chi connectivity index (χ1) is 16.8. The van der Waals surface area contributed by atoms with Crippen LogP contribution in [0, 0.1) is 0 Å². The Labute approximate surface area is 210 Å². The van der Waals surface area contributed by atoms with Crippen molar-refractivity contribution in [3.05, 3.63) is 88.7 Å². The van der Waals surface area contributed by atoms with E-state index in [-0.39, 0.29) is 5.75 Å². The highest BCUT2D eigenvalue weighted by Crippen LogP contribution is 2.29. The molecule has 0 spiro atoms. The smallest absolute Gasteiger partial charge is 0.272 e. The summed E-state index contributed by atoms with van der Waals surface area (Å²) >= 11 is 4.59. The zero-order valence-corrected chi connectivity index (χ0v) is 20.2.